The molecular formula is C20H24O4. The summed E-state index contributed by atoms with van der Waals surface area (Å²) in [6.07, 6.45) is 3.51. The summed E-state index contributed by atoms with van der Waals surface area (Å²) in [5.41, 5.74) is 1.92. The Labute approximate surface area is 142 Å². The first kappa shape index (κ1) is 17.9. The summed E-state index contributed by atoms with van der Waals surface area (Å²) < 4.78 is 0. The van der Waals surface area contributed by atoms with Crippen LogP contribution in [0.15, 0.2) is 48.5 Å². The van der Waals surface area contributed by atoms with Crippen LogP contribution in [0.1, 0.15) is 50.2 Å². The van der Waals surface area contributed by atoms with Crippen LogP contribution in [0.25, 0.3) is 0 Å². The monoisotopic (exact) mass is 328 g/mol. The quantitative estimate of drug-likeness (QED) is 0.626. The Balaban J connectivity index is 2.19. The molecule has 0 amide bonds. The largest absolute Gasteiger partial charge is 0.508 e. The van der Waals surface area contributed by atoms with E-state index >= 15 is 0 Å². The minimum Gasteiger partial charge on any atom is -0.508 e. The number of phenolic OH excluding ortho intramolecular Hbond substituents is 2. The molecule has 0 saturated heterocycles. The molecule has 24 heavy (non-hydrogen) atoms. The van der Waals surface area contributed by atoms with Gasteiger partial charge in [-0.1, -0.05) is 44.0 Å². The molecule has 128 valence electrons. The molecule has 0 aliphatic heterocycles. The molecule has 0 aliphatic rings. The lowest BCUT2D eigenvalue weighted by Gasteiger charge is -2.31. The number of carboxylic acid groups (broad SMARTS) is 1. The van der Waals surface area contributed by atoms with Crippen molar-refractivity contribution in [3.8, 4) is 11.5 Å². The standard InChI is InChI=1S/C20H24O4/c1-20(14-4-2-3-5-19(23)24,15-6-10-17(21)11-7-15)16-8-12-18(22)13-9-16/h6-13,21-22H,2-5,14H2,1H3,(H,23,24). The van der Waals surface area contributed by atoms with Gasteiger partial charge < -0.3 is 15.3 Å². The number of unbranched alkanes of at least 4 members (excludes halogenated alkanes) is 2. The van der Waals surface area contributed by atoms with Gasteiger partial charge in [0.05, 0.1) is 0 Å². The van der Waals surface area contributed by atoms with Crippen molar-refractivity contribution in [2.45, 2.75) is 44.4 Å². The molecule has 0 spiro atoms. The Hall–Kier alpha value is -2.49. The molecule has 0 atom stereocenters. The summed E-state index contributed by atoms with van der Waals surface area (Å²) in [5, 5.41) is 27.8. The van der Waals surface area contributed by atoms with Gasteiger partial charge in [-0.15, -0.1) is 0 Å². The molecule has 2 aromatic carbocycles. The van der Waals surface area contributed by atoms with Crippen molar-refractivity contribution in [1.82, 2.24) is 0 Å². The van der Waals surface area contributed by atoms with Crippen molar-refractivity contribution in [3.63, 3.8) is 0 Å². The first-order valence-corrected chi connectivity index (χ1v) is 8.22. The zero-order chi connectivity index (χ0) is 17.6. The number of rotatable bonds is 8. The van der Waals surface area contributed by atoms with Gasteiger partial charge in [0.25, 0.3) is 0 Å². The molecule has 0 heterocycles. The van der Waals surface area contributed by atoms with Crippen LogP contribution in [0.3, 0.4) is 0 Å². The van der Waals surface area contributed by atoms with Crippen molar-refractivity contribution in [1.29, 1.82) is 0 Å². The minimum atomic E-state index is -0.755. The lowest BCUT2D eigenvalue weighted by molar-refractivity contribution is -0.137. The van der Waals surface area contributed by atoms with E-state index < -0.39 is 5.97 Å². The van der Waals surface area contributed by atoms with E-state index in [2.05, 4.69) is 6.92 Å². The highest BCUT2D eigenvalue weighted by molar-refractivity contribution is 5.66. The molecule has 4 heteroatoms. The maximum atomic E-state index is 10.6. The first-order chi connectivity index (χ1) is 11.4. The number of aliphatic carboxylic acids is 1. The second-order valence-electron chi connectivity index (χ2n) is 6.38. The van der Waals surface area contributed by atoms with Crippen LogP contribution in [0.2, 0.25) is 0 Å². The zero-order valence-corrected chi connectivity index (χ0v) is 13.9. The van der Waals surface area contributed by atoms with E-state index in [1.165, 1.54) is 0 Å². The van der Waals surface area contributed by atoms with Crippen LogP contribution in [0.5, 0.6) is 11.5 Å². The van der Waals surface area contributed by atoms with Gasteiger partial charge in [0.15, 0.2) is 0 Å². The number of hydrogen-bond donors (Lipinski definition) is 3. The molecule has 0 aliphatic carbocycles. The maximum Gasteiger partial charge on any atom is 0.303 e. The second kappa shape index (κ2) is 7.86. The van der Waals surface area contributed by atoms with E-state index in [0.717, 1.165) is 30.4 Å². The van der Waals surface area contributed by atoms with E-state index in [0.29, 0.717) is 6.42 Å². The number of benzene rings is 2. The topological polar surface area (TPSA) is 77.8 Å². The van der Waals surface area contributed by atoms with Crippen LogP contribution in [-0.2, 0) is 10.2 Å². The smallest absolute Gasteiger partial charge is 0.303 e. The summed E-state index contributed by atoms with van der Waals surface area (Å²) in [5.74, 6) is -0.295. The van der Waals surface area contributed by atoms with Crippen molar-refractivity contribution >= 4 is 5.97 Å². The highest BCUT2D eigenvalue weighted by atomic mass is 16.4. The molecule has 0 bridgehead atoms. The zero-order valence-electron chi connectivity index (χ0n) is 13.9. The Bertz CT molecular complexity index is 614. The molecule has 0 radical (unpaired) electrons. The third-order valence-corrected chi connectivity index (χ3v) is 4.58. The van der Waals surface area contributed by atoms with Gasteiger partial charge in [0.1, 0.15) is 11.5 Å². The normalized spacial score (nSPS) is 11.4. The number of carbonyl (C=O) groups is 1. The van der Waals surface area contributed by atoms with E-state index in [1.54, 1.807) is 24.3 Å². The minimum absolute atomic E-state index is 0.204. The fraction of sp³-hybridized carbons (Fsp3) is 0.350. The van der Waals surface area contributed by atoms with E-state index in [4.69, 9.17) is 5.11 Å². The van der Waals surface area contributed by atoms with Crippen molar-refractivity contribution < 1.29 is 20.1 Å². The van der Waals surface area contributed by atoms with Gasteiger partial charge in [-0.25, -0.2) is 0 Å². The first-order valence-electron chi connectivity index (χ1n) is 8.22. The third-order valence-electron chi connectivity index (χ3n) is 4.58. The Morgan fingerprint density at radius 3 is 1.71 bits per heavy atom. The lowest BCUT2D eigenvalue weighted by Crippen LogP contribution is -2.23. The average Bonchev–Trinajstić information content (AvgIpc) is 2.55. The molecule has 2 aromatic rings. The molecule has 0 aromatic heterocycles. The number of phenols is 2. The third kappa shape index (κ3) is 4.51. The summed E-state index contributed by atoms with van der Waals surface area (Å²) in [7, 11) is 0. The summed E-state index contributed by atoms with van der Waals surface area (Å²) in [6.45, 7) is 2.14. The molecule has 2 rings (SSSR count). The predicted octanol–water partition coefficient (Wildman–Crippen LogP) is 4.44. The van der Waals surface area contributed by atoms with Crippen LogP contribution in [0, 0.1) is 0 Å². The molecular weight excluding hydrogens is 304 g/mol. The lowest BCUT2D eigenvalue weighted by atomic mass is 9.72. The predicted molar refractivity (Wildman–Crippen MR) is 93.4 cm³/mol. The average molecular weight is 328 g/mol. The summed E-state index contributed by atoms with van der Waals surface area (Å²) in [6, 6.07) is 14.4. The number of hydrogen-bond acceptors (Lipinski definition) is 3. The van der Waals surface area contributed by atoms with Crippen LogP contribution >= 0.6 is 0 Å². The fourth-order valence-corrected chi connectivity index (χ4v) is 3.05. The Morgan fingerprint density at radius 1 is 0.833 bits per heavy atom. The molecule has 3 N–H and O–H groups in total. The fourth-order valence-electron chi connectivity index (χ4n) is 3.05. The van der Waals surface area contributed by atoms with E-state index in [9.17, 15) is 15.0 Å². The van der Waals surface area contributed by atoms with Gasteiger partial charge in [-0.3, -0.25) is 4.79 Å². The molecule has 0 fully saturated rings. The van der Waals surface area contributed by atoms with Crippen LogP contribution in [0.4, 0.5) is 0 Å². The Kier molecular flexibility index (Phi) is 5.85. The summed E-state index contributed by atoms with van der Waals surface area (Å²) >= 11 is 0. The van der Waals surface area contributed by atoms with Gasteiger partial charge in [0, 0.05) is 11.8 Å². The number of aromatic hydroxyl groups is 2. The second-order valence-corrected chi connectivity index (χ2v) is 6.38. The van der Waals surface area contributed by atoms with E-state index in [1.807, 2.05) is 24.3 Å². The van der Waals surface area contributed by atoms with Crippen LogP contribution < -0.4 is 0 Å². The number of carboxylic acids is 1. The van der Waals surface area contributed by atoms with Crippen molar-refractivity contribution in [3.05, 3.63) is 59.7 Å². The maximum absolute atomic E-state index is 10.6. The van der Waals surface area contributed by atoms with Gasteiger partial charge in [-0.05, 0) is 48.2 Å². The van der Waals surface area contributed by atoms with Gasteiger partial charge >= 0.3 is 5.97 Å². The highest BCUT2D eigenvalue weighted by Gasteiger charge is 2.28. The van der Waals surface area contributed by atoms with Crippen LogP contribution in [-0.4, -0.2) is 21.3 Å². The van der Waals surface area contributed by atoms with E-state index in [-0.39, 0.29) is 23.3 Å². The highest BCUT2D eigenvalue weighted by Crippen LogP contribution is 2.38. The van der Waals surface area contributed by atoms with Crippen molar-refractivity contribution in [2.75, 3.05) is 0 Å². The SMILES string of the molecule is CC(CCCCCC(=O)O)(c1ccc(O)cc1)c1ccc(O)cc1. The molecule has 0 unspecified atom stereocenters. The summed E-state index contributed by atoms with van der Waals surface area (Å²) in [4.78, 5) is 10.6. The molecule has 0 saturated carbocycles. The van der Waals surface area contributed by atoms with Crippen molar-refractivity contribution in [2.24, 2.45) is 0 Å². The van der Waals surface area contributed by atoms with Gasteiger partial charge in [-0.2, -0.15) is 0 Å². The van der Waals surface area contributed by atoms with Gasteiger partial charge in [0.2, 0.25) is 0 Å². The molecule has 4 nitrogen and oxygen atoms in total. The Morgan fingerprint density at radius 2 is 1.29 bits per heavy atom.